The van der Waals surface area contributed by atoms with Gasteiger partial charge in [0.2, 0.25) is 12.7 Å². The largest absolute Gasteiger partial charge is 0.454 e. The van der Waals surface area contributed by atoms with E-state index in [1.54, 1.807) is 38.1 Å². The van der Waals surface area contributed by atoms with Crippen LogP contribution in [-0.2, 0) is 16.0 Å². The van der Waals surface area contributed by atoms with E-state index in [9.17, 15) is 18.8 Å². The summed E-state index contributed by atoms with van der Waals surface area (Å²) in [5, 5.41) is 5.16. The summed E-state index contributed by atoms with van der Waals surface area (Å²) in [7, 11) is 0. The van der Waals surface area contributed by atoms with Crippen molar-refractivity contribution in [3.63, 3.8) is 0 Å². The summed E-state index contributed by atoms with van der Waals surface area (Å²) in [4.78, 5) is 38.5. The van der Waals surface area contributed by atoms with Gasteiger partial charge >= 0.3 is 6.03 Å². The Hall–Kier alpha value is -3.62. The third-order valence-electron chi connectivity index (χ3n) is 5.10. The van der Waals surface area contributed by atoms with Crippen LogP contribution in [0.5, 0.6) is 11.5 Å². The molecule has 0 aromatic heterocycles. The van der Waals surface area contributed by atoms with Gasteiger partial charge in [-0.1, -0.05) is 12.1 Å². The molecule has 0 bridgehead atoms. The number of carbonyl (C=O) groups is 3. The lowest BCUT2D eigenvalue weighted by Crippen LogP contribution is -2.46. The fourth-order valence-corrected chi connectivity index (χ4v) is 3.48. The summed E-state index contributed by atoms with van der Waals surface area (Å²) in [5.41, 5.74) is 0.262. The molecule has 156 valence electrons. The number of ether oxygens (including phenoxy) is 2. The molecule has 1 atom stereocenters. The van der Waals surface area contributed by atoms with Crippen molar-refractivity contribution in [1.29, 1.82) is 0 Å². The van der Waals surface area contributed by atoms with Crippen molar-refractivity contribution >= 4 is 23.5 Å². The zero-order valence-corrected chi connectivity index (χ0v) is 16.5. The van der Waals surface area contributed by atoms with Gasteiger partial charge in [0.15, 0.2) is 11.5 Å². The van der Waals surface area contributed by atoms with Crippen LogP contribution in [0.4, 0.5) is 14.9 Å². The Morgan fingerprint density at radius 2 is 1.97 bits per heavy atom. The minimum absolute atomic E-state index is 0.138. The first-order valence-corrected chi connectivity index (χ1v) is 9.34. The molecule has 0 spiro atoms. The SMILES string of the molecule is Cc1ccc(NC(=O)CN2C(=O)N[C@@](C)(Cc3ccc4c(c3)OCO4)C2=O)cc1F. The number of anilines is 1. The van der Waals surface area contributed by atoms with Crippen LogP contribution in [-0.4, -0.2) is 41.6 Å². The fourth-order valence-electron chi connectivity index (χ4n) is 3.48. The maximum absolute atomic E-state index is 13.7. The van der Waals surface area contributed by atoms with Gasteiger partial charge in [-0.2, -0.15) is 0 Å². The highest BCUT2D eigenvalue weighted by Crippen LogP contribution is 2.34. The van der Waals surface area contributed by atoms with Gasteiger partial charge in [-0.3, -0.25) is 14.5 Å². The molecule has 0 aliphatic carbocycles. The lowest BCUT2D eigenvalue weighted by Gasteiger charge is -2.22. The number of amides is 4. The molecular weight excluding hydrogens is 393 g/mol. The van der Waals surface area contributed by atoms with Crippen molar-refractivity contribution in [1.82, 2.24) is 10.2 Å². The smallest absolute Gasteiger partial charge is 0.325 e. The number of imide groups is 1. The maximum Gasteiger partial charge on any atom is 0.325 e. The summed E-state index contributed by atoms with van der Waals surface area (Å²) in [5.74, 6) is -0.380. The molecule has 1 saturated heterocycles. The molecule has 0 saturated carbocycles. The number of benzene rings is 2. The Morgan fingerprint density at radius 1 is 1.20 bits per heavy atom. The number of fused-ring (bicyclic) bond motifs is 1. The molecule has 2 N–H and O–H groups in total. The van der Waals surface area contributed by atoms with E-state index < -0.39 is 35.7 Å². The molecule has 0 unspecified atom stereocenters. The monoisotopic (exact) mass is 413 g/mol. The summed E-state index contributed by atoms with van der Waals surface area (Å²) in [6.07, 6.45) is 0.218. The number of urea groups is 1. The van der Waals surface area contributed by atoms with Gasteiger partial charge in [0.25, 0.3) is 5.91 Å². The Bertz CT molecular complexity index is 1060. The van der Waals surface area contributed by atoms with Crippen molar-refractivity contribution in [2.75, 3.05) is 18.7 Å². The molecule has 8 nitrogen and oxygen atoms in total. The van der Waals surface area contributed by atoms with Crippen LogP contribution in [0.25, 0.3) is 0 Å². The van der Waals surface area contributed by atoms with Crippen molar-refractivity contribution < 1.29 is 28.2 Å². The van der Waals surface area contributed by atoms with Gasteiger partial charge in [0, 0.05) is 12.1 Å². The second kappa shape index (κ2) is 7.33. The third kappa shape index (κ3) is 3.66. The number of hydrogen-bond acceptors (Lipinski definition) is 5. The van der Waals surface area contributed by atoms with E-state index in [1.165, 1.54) is 12.1 Å². The van der Waals surface area contributed by atoms with Crippen molar-refractivity contribution in [3.05, 3.63) is 53.3 Å². The molecule has 2 heterocycles. The predicted molar refractivity (Wildman–Crippen MR) is 105 cm³/mol. The molecule has 9 heteroatoms. The molecule has 2 aromatic carbocycles. The van der Waals surface area contributed by atoms with E-state index in [-0.39, 0.29) is 18.9 Å². The van der Waals surface area contributed by atoms with Crippen LogP contribution >= 0.6 is 0 Å². The van der Waals surface area contributed by atoms with Crippen LogP contribution in [0.2, 0.25) is 0 Å². The number of hydrogen-bond donors (Lipinski definition) is 2. The third-order valence-corrected chi connectivity index (χ3v) is 5.10. The van der Waals surface area contributed by atoms with Gasteiger partial charge in [-0.05, 0) is 49.2 Å². The zero-order chi connectivity index (χ0) is 21.5. The minimum Gasteiger partial charge on any atom is -0.454 e. The van der Waals surface area contributed by atoms with Gasteiger partial charge < -0.3 is 20.1 Å². The number of carbonyl (C=O) groups excluding carboxylic acids is 3. The molecule has 2 aliphatic heterocycles. The van der Waals surface area contributed by atoms with E-state index in [4.69, 9.17) is 9.47 Å². The van der Waals surface area contributed by atoms with Crippen LogP contribution in [0.3, 0.4) is 0 Å². The van der Waals surface area contributed by atoms with Gasteiger partial charge in [0.1, 0.15) is 17.9 Å². The molecule has 0 radical (unpaired) electrons. The van der Waals surface area contributed by atoms with Crippen LogP contribution in [0, 0.1) is 12.7 Å². The predicted octanol–water partition coefficient (Wildman–Crippen LogP) is 2.35. The van der Waals surface area contributed by atoms with E-state index in [1.807, 2.05) is 0 Å². The number of nitrogens with one attached hydrogen (secondary N) is 2. The van der Waals surface area contributed by atoms with Crippen molar-refractivity contribution in [3.8, 4) is 11.5 Å². The number of nitrogens with zero attached hydrogens (tertiary/aromatic N) is 1. The highest BCUT2D eigenvalue weighted by Gasteiger charge is 2.48. The van der Waals surface area contributed by atoms with Crippen LogP contribution in [0.15, 0.2) is 36.4 Å². The van der Waals surface area contributed by atoms with Gasteiger partial charge in [0.05, 0.1) is 0 Å². The summed E-state index contributed by atoms with van der Waals surface area (Å²) >= 11 is 0. The number of aryl methyl sites for hydroxylation is 1. The van der Waals surface area contributed by atoms with E-state index in [0.717, 1.165) is 10.5 Å². The Morgan fingerprint density at radius 3 is 2.73 bits per heavy atom. The maximum atomic E-state index is 13.7. The summed E-state index contributed by atoms with van der Waals surface area (Å²) in [6.45, 7) is 2.87. The molecule has 30 heavy (non-hydrogen) atoms. The number of halogens is 1. The first-order chi connectivity index (χ1) is 14.2. The fraction of sp³-hybridized carbons (Fsp3) is 0.286. The summed E-state index contributed by atoms with van der Waals surface area (Å²) < 4.78 is 24.3. The minimum atomic E-state index is -1.21. The van der Waals surface area contributed by atoms with Gasteiger partial charge in [-0.15, -0.1) is 0 Å². The first kappa shape index (κ1) is 19.7. The first-order valence-electron chi connectivity index (χ1n) is 9.34. The van der Waals surface area contributed by atoms with Gasteiger partial charge in [-0.25, -0.2) is 9.18 Å². The normalized spacial score (nSPS) is 19.8. The number of rotatable bonds is 5. The van der Waals surface area contributed by atoms with E-state index in [0.29, 0.717) is 17.1 Å². The molecule has 1 fully saturated rings. The molecule has 4 rings (SSSR count). The zero-order valence-electron chi connectivity index (χ0n) is 16.5. The van der Waals surface area contributed by atoms with Crippen LogP contribution < -0.4 is 20.1 Å². The lowest BCUT2D eigenvalue weighted by molar-refractivity contribution is -0.133. The van der Waals surface area contributed by atoms with Crippen LogP contribution in [0.1, 0.15) is 18.1 Å². The average molecular weight is 413 g/mol. The topological polar surface area (TPSA) is 97.0 Å². The second-order valence-corrected chi connectivity index (χ2v) is 7.53. The van der Waals surface area contributed by atoms with Crippen molar-refractivity contribution in [2.24, 2.45) is 0 Å². The average Bonchev–Trinajstić information content (AvgIpc) is 3.23. The van der Waals surface area contributed by atoms with E-state index >= 15 is 0 Å². The second-order valence-electron chi connectivity index (χ2n) is 7.53. The summed E-state index contributed by atoms with van der Waals surface area (Å²) in [6, 6.07) is 8.89. The Balaban J connectivity index is 1.43. The molecule has 4 amide bonds. The Kier molecular flexibility index (Phi) is 4.81. The Labute approximate surface area is 171 Å². The molecular formula is C21H20FN3O5. The molecule has 2 aromatic rings. The van der Waals surface area contributed by atoms with Crippen molar-refractivity contribution in [2.45, 2.75) is 25.8 Å². The van der Waals surface area contributed by atoms with E-state index in [2.05, 4.69) is 10.6 Å². The standard InChI is InChI=1S/C21H20FN3O5/c1-12-3-5-14(8-15(12)22)23-18(26)10-25-19(27)21(2,24-20(25)28)9-13-4-6-16-17(7-13)30-11-29-16/h3-8H,9-11H2,1-2H3,(H,23,26)(H,24,28)/t21-/m0/s1. The highest BCUT2D eigenvalue weighted by molar-refractivity contribution is 6.10. The lowest BCUT2D eigenvalue weighted by atomic mass is 9.92. The molecule has 2 aliphatic rings. The highest BCUT2D eigenvalue weighted by atomic mass is 19.1. The quantitative estimate of drug-likeness (QED) is 0.734.